The fourth-order valence-electron chi connectivity index (χ4n) is 2.60. The van der Waals surface area contributed by atoms with Gasteiger partial charge in [0.15, 0.2) is 0 Å². The lowest BCUT2D eigenvalue weighted by Crippen LogP contribution is -2.60. The zero-order valence-electron chi connectivity index (χ0n) is 9.65. The molecule has 4 heteroatoms. The Morgan fingerprint density at radius 3 is 2.67 bits per heavy atom. The maximum absolute atomic E-state index is 12.2. The van der Waals surface area contributed by atoms with Gasteiger partial charge in [0.1, 0.15) is 0 Å². The zero-order chi connectivity index (χ0) is 11.0. The second-order valence-electron chi connectivity index (χ2n) is 4.86. The van der Waals surface area contributed by atoms with E-state index in [1.165, 1.54) is 12.8 Å². The summed E-state index contributed by atoms with van der Waals surface area (Å²) in [6.45, 7) is 3.71. The van der Waals surface area contributed by atoms with Crippen molar-refractivity contribution in [3.8, 4) is 0 Å². The Kier molecular flexibility index (Phi) is 2.98. The van der Waals surface area contributed by atoms with Gasteiger partial charge in [0.05, 0.1) is 6.04 Å². The van der Waals surface area contributed by atoms with Crippen LogP contribution in [0, 0.1) is 0 Å². The molecule has 2 N–H and O–H groups in total. The summed E-state index contributed by atoms with van der Waals surface area (Å²) >= 11 is 0. The second-order valence-corrected chi connectivity index (χ2v) is 4.86. The Bertz CT molecular complexity index is 252. The molecule has 2 unspecified atom stereocenters. The lowest BCUT2D eigenvalue weighted by molar-refractivity contribution is -0.145. The van der Waals surface area contributed by atoms with Gasteiger partial charge >= 0.3 is 0 Å². The highest BCUT2D eigenvalue weighted by Crippen LogP contribution is 2.32. The molecule has 4 nitrogen and oxygen atoms in total. The van der Waals surface area contributed by atoms with E-state index in [9.17, 15) is 4.79 Å². The van der Waals surface area contributed by atoms with Crippen LogP contribution in [0.2, 0.25) is 0 Å². The quantitative estimate of drug-likeness (QED) is 0.716. The zero-order valence-corrected chi connectivity index (χ0v) is 9.65. The van der Waals surface area contributed by atoms with E-state index < -0.39 is 0 Å². The molecule has 2 fully saturated rings. The van der Waals surface area contributed by atoms with Gasteiger partial charge in [-0.15, -0.1) is 0 Å². The molecule has 15 heavy (non-hydrogen) atoms. The number of piperazine rings is 1. The minimum absolute atomic E-state index is 0.0202. The van der Waals surface area contributed by atoms with Crippen LogP contribution in [0.1, 0.15) is 26.2 Å². The summed E-state index contributed by atoms with van der Waals surface area (Å²) in [6.07, 6.45) is 3.16. The Balaban J connectivity index is 2.09. The number of likely N-dealkylation sites (N-methyl/N-ethyl adjacent to an activating group) is 1. The van der Waals surface area contributed by atoms with Crippen molar-refractivity contribution in [3.63, 3.8) is 0 Å². The van der Waals surface area contributed by atoms with Gasteiger partial charge in [0.25, 0.3) is 0 Å². The van der Waals surface area contributed by atoms with Crippen LogP contribution in [0.5, 0.6) is 0 Å². The van der Waals surface area contributed by atoms with E-state index in [4.69, 9.17) is 5.73 Å². The molecule has 2 aliphatic rings. The molecule has 0 radical (unpaired) electrons. The molecule has 1 saturated carbocycles. The molecule has 1 aliphatic carbocycles. The maximum Gasteiger partial charge on any atom is 0.240 e. The third-order valence-corrected chi connectivity index (χ3v) is 3.48. The highest BCUT2D eigenvalue weighted by Gasteiger charge is 2.43. The topological polar surface area (TPSA) is 49.6 Å². The normalized spacial score (nSPS) is 33.5. The smallest absolute Gasteiger partial charge is 0.240 e. The van der Waals surface area contributed by atoms with Gasteiger partial charge in [0.2, 0.25) is 5.91 Å². The minimum Gasteiger partial charge on any atom is -0.334 e. The minimum atomic E-state index is 0.0202. The highest BCUT2D eigenvalue weighted by molar-refractivity contribution is 5.83. The first kappa shape index (κ1) is 10.9. The van der Waals surface area contributed by atoms with E-state index in [-0.39, 0.29) is 6.04 Å². The van der Waals surface area contributed by atoms with Crippen LogP contribution < -0.4 is 5.73 Å². The van der Waals surface area contributed by atoms with Crippen molar-refractivity contribution in [3.05, 3.63) is 0 Å². The van der Waals surface area contributed by atoms with Crippen LogP contribution in [0.15, 0.2) is 0 Å². The summed E-state index contributed by atoms with van der Waals surface area (Å²) in [6, 6.07) is 0.914. The molecule has 86 valence electrons. The molecule has 1 aliphatic heterocycles. The number of rotatable bonds is 3. The number of amides is 1. The van der Waals surface area contributed by atoms with Crippen LogP contribution in [0.25, 0.3) is 0 Å². The molecule has 2 rings (SSSR count). The van der Waals surface area contributed by atoms with Crippen LogP contribution in [0.4, 0.5) is 0 Å². The molecule has 0 aromatic rings. The first-order chi connectivity index (χ1) is 7.15. The number of hydrogen-bond donors (Lipinski definition) is 1. The Hall–Kier alpha value is -0.610. The molecule has 0 spiro atoms. The summed E-state index contributed by atoms with van der Waals surface area (Å²) in [7, 11) is 2.03. The largest absolute Gasteiger partial charge is 0.334 e. The van der Waals surface area contributed by atoms with E-state index >= 15 is 0 Å². The van der Waals surface area contributed by atoms with Gasteiger partial charge in [0, 0.05) is 18.6 Å². The molecule has 1 saturated heterocycles. The Morgan fingerprint density at radius 1 is 1.47 bits per heavy atom. The van der Waals surface area contributed by atoms with E-state index in [2.05, 4.69) is 16.7 Å². The van der Waals surface area contributed by atoms with Crippen molar-refractivity contribution in [1.82, 2.24) is 9.80 Å². The average Bonchev–Trinajstić information content (AvgIpc) is 2.96. The standard InChI is InChI=1S/C11H21N3O/c1-8-7-13(2)10(5-6-12)11(15)14(8)9-3-4-9/h8-10H,3-7,12H2,1-2H3. The summed E-state index contributed by atoms with van der Waals surface area (Å²) < 4.78 is 0. The van der Waals surface area contributed by atoms with Crippen molar-refractivity contribution in [2.75, 3.05) is 20.1 Å². The second kappa shape index (κ2) is 4.10. The fourth-order valence-corrected chi connectivity index (χ4v) is 2.60. The maximum atomic E-state index is 12.2. The SMILES string of the molecule is CC1CN(C)C(CCN)C(=O)N1C1CC1. The lowest BCUT2D eigenvalue weighted by atomic mass is 10.0. The first-order valence-electron chi connectivity index (χ1n) is 5.87. The van der Waals surface area contributed by atoms with Crippen molar-refractivity contribution < 1.29 is 4.79 Å². The van der Waals surface area contributed by atoms with Gasteiger partial charge in [-0.2, -0.15) is 0 Å². The summed E-state index contributed by atoms with van der Waals surface area (Å²) in [5.74, 6) is 0.296. The molecule has 2 atom stereocenters. The van der Waals surface area contributed by atoms with Crippen molar-refractivity contribution in [2.45, 2.75) is 44.3 Å². The molecule has 0 aromatic carbocycles. The van der Waals surface area contributed by atoms with Crippen LogP contribution in [0.3, 0.4) is 0 Å². The van der Waals surface area contributed by atoms with E-state index in [1.807, 2.05) is 7.05 Å². The van der Waals surface area contributed by atoms with E-state index in [0.717, 1.165) is 13.0 Å². The third-order valence-electron chi connectivity index (χ3n) is 3.48. The predicted octanol–water partition coefficient (Wildman–Crippen LogP) is 0.0287. The molecular weight excluding hydrogens is 190 g/mol. The Labute approximate surface area is 91.4 Å². The lowest BCUT2D eigenvalue weighted by Gasteiger charge is -2.43. The van der Waals surface area contributed by atoms with Gasteiger partial charge < -0.3 is 10.6 Å². The molecular formula is C11H21N3O. The number of carbonyl (C=O) groups is 1. The third kappa shape index (κ3) is 2.01. The van der Waals surface area contributed by atoms with E-state index in [1.54, 1.807) is 0 Å². The van der Waals surface area contributed by atoms with Crippen molar-refractivity contribution in [1.29, 1.82) is 0 Å². The van der Waals surface area contributed by atoms with Crippen LogP contribution in [-0.2, 0) is 4.79 Å². The molecule has 1 amide bonds. The average molecular weight is 211 g/mol. The number of nitrogens with zero attached hydrogens (tertiary/aromatic N) is 2. The van der Waals surface area contributed by atoms with Crippen molar-refractivity contribution >= 4 is 5.91 Å². The van der Waals surface area contributed by atoms with Gasteiger partial charge in [-0.3, -0.25) is 9.69 Å². The number of nitrogens with two attached hydrogens (primary N) is 1. The summed E-state index contributed by atoms with van der Waals surface area (Å²) in [5, 5.41) is 0. The number of hydrogen-bond acceptors (Lipinski definition) is 3. The summed E-state index contributed by atoms with van der Waals surface area (Å²) in [4.78, 5) is 16.5. The van der Waals surface area contributed by atoms with Gasteiger partial charge in [-0.05, 0) is 39.8 Å². The summed E-state index contributed by atoms with van der Waals surface area (Å²) in [5.41, 5.74) is 5.56. The van der Waals surface area contributed by atoms with Crippen molar-refractivity contribution in [2.24, 2.45) is 5.73 Å². The molecule has 1 heterocycles. The van der Waals surface area contributed by atoms with Crippen LogP contribution in [-0.4, -0.2) is 54.0 Å². The monoisotopic (exact) mass is 211 g/mol. The molecule has 0 aromatic heterocycles. The predicted molar refractivity (Wildman–Crippen MR) is 59.4 cm³/mol. The fraction of sp³-hybridized carbons (Fsp3) is 0.909. The number of carbonyl (C=O) groups excluding carboxylic acids is 1. The first-order valence-corrected chi connectivity index (χ1v) is 5.87. The van der Waals surface area contributed by atoms with Crippen LogP contribution >= 0.6 is 0 Å². The van der Waals surface area contributed by atoms with Gasteiger partial charge in [-0.1, -0.05) is 0 Å². The highest BCUT2D eigenvalue weighted by atomic mass is 16.2. The Morgan fingerprint density at radius 2 is 2.13 bits per heavy atom. The van der Waals surface area contributed by atoms with Gasteiger partial charge in [-0.25, -0.2) is 0 Å². The molecule has 0 bridgehead atoms. The van der Waals surface area contributed by atoms with E-state index in [0.29, 0.717) is 24.5 Å².